The van der Waals surface area contributed by atoms with Crippen molar-refractivity contribution in [1.82, 2.24) is 9.78 Å². The molecule has 4 rings (SSSR count). The summed E-state index contributed by atoms with van der Waals surface area (Å²) in [4.78, 5) is 37.8. The summed E-state index contributed by atoms with van der Waals surface area (Å²) in [7, 11) is 0. The molecular weight excluding hydrogens is 398 g/mol. The fourth-order valence-corrected chi connectivity index (χ4v) is 3.10. The molecule has 0 aliphatic rings. The number of benzene rings is 2. The van der Waals surface area contributed by atoms with Crippen LogP contribution in [0.3, 0.4) is 0 Å². The highest BCUT2D eigenvalue weighted by atomic mass is 16.5. The lowest BCUT2D eigenvalue weighted by Crippen LogP contribution is -2.23. The molecule has 8 nitrogen and oxygen atoms in total. The Morgan fingerprint density at radius 1 is 1.10 bits per heavy atom. The predicted octanol–water partition coefficient (Wildman–Crippen LogP) is 3.72. The quantitative estimate of drug-likeness (QED) is 0.392. The molecule has 1 N–H and O–H groups in total. The molecular formula is C23H19N3O5. The summed E-state index contributed by atoms with van der Waals surface area (Å²) in [6.07, 6.45) is 1.32. The molecule has 2 heterocycles. The number of fused-ring (bicyclic) bond motifs is 1. The van der Waals surface area contributed by atoms with E-state index in [9.17, 15) is 14.4 Å². The van der Waals surface area contributed by atoms with Gasteiger partial charge in [0.25, 0.3) is 5.91 Å². The number of nitrogens with zero attached hydrogens (tertiary/aromatic N) is 2. The third-order valence-corrected chi connectivity index (χ3v) is 4.66. The van der Waals surface area contributed by atoms with Crippen LogP contribution in [0.2, 0.25) is 0 Å². The first-order valence-electron chi connectivity index (χ1n) is 9.64. The van der Waals surface area contributed by atoms with Crippen LogP contribution in [-0.2, 0) is 4.74 Å². The maximum atomic E-state index is 13.0. The summed E-state index contributed by atoms with van der Waals surface area (Å²) in [6.45, 7) is 3.79. The fourth-order valence-electron chi connectivity index (χ4n) is 3.10. The zero-order valence-electron chi connectivity index (χ0n) is 16.9. The van der Waals surface area contributed by atoms with Crippen LogP contribution >= 0.6 is 0 Å². The summed E-state index contributed by atoms with van der Waals surface area (Å²) in [6, 6.07) is 15.7. The minimum absolute atomic E-state index is 0.0703. The monoisotopic (exact) mass is 417 g/mol. The third kappa shape index (κ3) is 3.95. The van der Waals surface area contributed by atoms with Crippen LogP contribution in [0.5, 0.6) is 0 Å². The first-order chi connectivity index (χ1) is 15.0. The van der Waals surface area contributed by atoms with E-state index in [0.29, 0.717) is 16.7 Å². The van der Waals surface area contributed by atoms with Crippen LogP contribution < -0.4 is 10.9 Å². The van der Waals surface area contributed by atoms with Crippen molar-refractivity contribution >= 4 is 28.7 Å². The van der Waals surface area contributed by atoms with Gasteiger partial charge in [-0.1, -0.05) is 35.9 Å². The number of carbonyl (C=O) groups is 2. The molecule has 0 spiro atoms. The molecule has 0 aliphatic heterocycles. The summed E-state index contributed by atoms with van der Waals surface area (Å²) in [5.41, 5.74) is 1.14. The number of hydrogen-bond donors (Lipinski definition) is 1. The number of para-hydroxylation sites is 1. The van der Waals surface area contributed by atoms with Crippen LogP contribution in [0.15, 0.2) is 70.0 Å². The summed E-state index contributed by atoms with van der Waals surface area (Å²) < 4.78 is 11.7. The first-order valence-corrected chi connectivity index (χ1v) is 9.64. The predicted molar refractivity (Wildman–Crippen MR) is 115 cm³/mol. The third-order valence-electron chi connectivity index (χ3n) is 4.66. The van der Waals surface area contributed by atoms with E-state index in [-0.39, 0.29) is 23.6 Å². The van der Waals surface area contributed by atoms with Gasteiger partial charge in [-0.15, -0.1) is 0 Å². The molecule has 8 heteroatoms. The number of hydrogen-bond acceptors (Lipinski definition) is 6. The van der Waals surface area contributed by atoms with E-state index in [0.717, 1.165) is 5.56 Å². The van der Waals surface area contributed by atoms with Gasteiger partial charge in [-0.2, -0.15) is 5.10 Å². The number of anilines is 1. The van der Waals surface area contributed by atoms with Crippen LogP contribution in [0, 0.1) is 6.92 Å². The minimum atomic E-state index is -0.782. The topological polar surface area (TPSA) is 103 Å². The Morgan fingerprint density at radius 3 is 2.58 bits per heavy atom. The molecule has 31 heavy (non-hydrogen) atoms. The summed E-state index contributed by atoms with van der Waals surface area (Å²) >= 11 is 0. The van der Waals surface area contributed by atoms with Gasteiger partial charge in [0.15, 0.2) is 5.82 Å². The molecule has 2 aromatic carbocycles. The zero-order valence-corrected chi connectivity index (χ0v) is 16.9. The van der Waals surface area contributed by atoms with Gasteiger partial charge in [0.05, 0.1) is 18.5 Å². The Kier molecular flexibility index (Phi) is 5.36. The minimum Gasteiger partial charge on any atom is -0.462 e. The van der Waals surface area contributed by atoms with Crippen LogP contribution in [0.25, 0.3) is 16.7 Å². The molecule has 2 aromatic heterocycles. The number of aryl methyl sites for hydroxylation is 1. The smallest absolute Gasteiger partial charge is 0.349 e. The number of ether oxygens (including phenoxy) is 1. The average molecular weight is 417 g/mol. The molecule has 0 saturated carbocycles. The molecule has 0 bridgehead atoms. The second-order valence-electron chi connectivity index (χ2n) is 6.81. The summed E-state index contributed by atoms with van der Waals surface area (Å²) in [5.74, 6) is -1.26. The molecule has 0 fully saturated rings. The molecule has 0 radical (unpaired) electrons. The lowest BCUT2D eigenvalue weighted by Gasteiger charge is -2.11. The maximum absolute atomic E-state index is 13.0. The van der Waals surface area contributed by atoms with E-state index in [2.05, 4.69) is 10.4 Å². The fraction of sp³-hybridized carbons (Fsp3) is 0.130. The Labute approximate surface area is 177 Å². The van der Waals surface area contributed by atoms with Gasteiger partial charge in [-0.05, 0) is 38.1 Å². The number of esters is 1. The second-order valence-corrected chi connectivity index (χ2v) is 6.81. The summed E-state index contributed by atoms with van der Waals surface area (Å²) in [5, 5.41) is 7.47. The van der Waals surface area contributed by atoms with E-state index in [1.807, 2.05) is 19.1 Å². The largest absolute Gasteiger partial charge is 0.462 e. The van der Waals surface area contributed by atoms with E-state index in [1.54, 1.807) is 43.3 Å². The maximum Gasteiger partial charge on any atom is 0.349 e. The van der Waals surface area contributed by atoms with Gasteiger partial charge in [-0.3, -0.25) is 4.79 Å². The molecule has 1 amide bonds. The van der Waals surface area contributed by atoms with Crippen molar-refractivity contribution in [3.8, 4) is 5.69 Å². The van der Waals surface area contributed by atoms with Gasteiger partial charge in [0.2, 0.25) is 0 Å². The lowest BCUT2D eigenvalue weighted by atomic mass is 10.1. The van der Waals surface area contributed by atoms with Gasteiger partial charge in [0.1, 0.15) is 16.7 Å². The van der Waals surface area contributed by atoms with Crippen molar-refractivity contribution in [2.75, 3.05) is 11.9 Å². The van der Waals surface area contributed by atoms with Crippen LogP contribution in [-0.4, -0.2) is 28.3 Å². The van der Waals surface area contributed by atoms with Crippen molar-refractivity contribution in [3.63, 3.8) is 0 Å². The van der Waals surface area contributed by atoms with E-state index in [1.165, 1.54) is 16.9 Å². The Balaban J connectivity index is 1.77. The van der Waals surface area contributed by atoms with Crippen LogP contribution in [0.1, 0.15) is 33.2 Å². The van der Waals surface area contributed by atoms with Crippen molar-refractivity contribution in [2.24, 2.45) is 0 Å². The Bertz CT molecular complexity index is 1340. The molecule has 0 saturated heterocycles. The lowest BCUT2D eigenvalue weighted by molar-refractivity contribution is 0.0527. The standard InChI is InChI=1S/C23H19N3O5/c1-3-30-22(28)18-13-24-26(16-10-8-14(2)9-11-16)20(18)25-21(27)17-12-15-6-4-5-7-19(15)31-23(17)29/h4-13H,3H2,1-2H3,(H,25,27). The number of carbonyl (C=O) groups excluding carboxylic acids is 2. The van der Waals surface area contributed by atoms with Gasteiger partial charge < -0.3 is 14.5 Å². The normalized spacial score (nSPS) is 10.8. The Morgan fingerprint density at radius 2 is 1.84 bits per heavy atom. The number of amides is 1. The van der Waals surface area contributed by atoms with Gasteiger partial charge in [0, 0.05) is 5.39 Å². The molecule has 4 aromatic rings. The van der Waals surface area contributed by atoms with E-state index >= 15 is 0 Å². The molecule has 156 valence electrons. The second kappa shape index (κ2) is 8.27. The SMILES string of the molecule is CCOC(=O)c1cnn(-c2ccc(C)cc2)c1NC(=O)c1cc2ccccc2oc1=O. The van der Waals surface area contributed by atoms with E-state index < -0.39 is 17.5 Å². The van der Waals surface area contributed by atoms with Crippen molar-refractivity contribution in [1.29, 1.82) is 0 Å². The molecule has 0 unspecified atom stereocenters. The first kappa shape index (κ1) is 20.1. The average Bonchev–Trinajstić information content (AvgIpc) is 3.17. The number of nitrogens with one attached hydrogen (secondary N) is 1. The van der Waals surface area contributed by atoms with Crippen molar-refractivity contribution < 1.29 is 18.7 Å². The van der Waals surface area contributed by atoms with Crippen molar-refractivity contribution in [3.05, 3.63) is 87.9 Å². The molecule has 0 aliphatic carbocycles. The molecule has 0 atom stereocenters. The van der Waals surface area contributed by atoms with E-state index in [4.69, 9.17) is 9.15 Å². The highest BCUT2D eigenvalue weighted by Crippen LogP contribution is 2.23. The van der Waals surface area contributed by atoms with Crippen LogP contribution in [0.4, 0.5) is 5.82 Å². The van der Waals surface area contributed by atoms with Gasteiger partial charge >= 0.3 is 11.6 Å². The number of aromatic nitrogens is 2. The highest BCUT2D eigenvalue weighted by Gasteiger charge is 2.23. The zero-order chi connectivity index (χ0) is 22.0. The van der Waals surface area contributed by atoms with Crippen molar-refractivity contribution in [2.45, 2.75) is 13.8 Å². The van der Waals surface area contributed by atoms with Gasteiger partial charge in [-0.25, -0.2) is 14.3 Å². The Hall–Kier alpha value is -4.20. The highest BCUT2D eigenvalue weighted by molar-refractivity contribution is 6.08. The number of rotatable bonds is 5.